The molecule has 0 unspecified atom stereocenters. The lowest BCUT2D eigenvalue weighted by Crippen LogP contribution is -2.46. The standard InChI is InChI=1S/C22H30N2O2/c1-2-16-24(19-12-14-23-15-13-19)22(25)11-6-17-26-21-10-5-8-18-7-3-4-9-20(18)21/h3-5,7-10,19,23H,2,6,11-17H2,1H3. The van der Waals surface area contributed by atoms with Crippen LogP contribution < -0.4 is 10.1 Å². The van der Waals surface area contributed by atoms with Crippen molar-refractivity contribution in [2.24, 2.45) is 0 Å². The van der Waals surface area contributed by atoms with Crippen LogP contribution in [0, 0.1) is 0 Å². The smallest absolute Gasteiger partial charge is 0.222 e. The Bertz CT molecular complexity index is 705. The van der Waals surface area contributed by atoms with E-state index in [2.05, 4.69) is 35.3 Å². The number of benzene rings is 2. The summed E-state index contributed by atoms with van der Waals surface area (Å²) >= 11 is 0. The lowest BCUT2D eigenvalue weighted by molar-refractivity contribution is -0.134. The molecule has 0 aliphatic carbocycles. The monoisotopic (exact) mass is 354 g/mol. The van der Waals surface area contributed by atoms with Crippen LogP contribution in [0.3, 0.4) is 0 Å². The van der Waals surface area contributed by atoms with Gasteiger partial charge in [0.2, 0.25) is 5.91 Å². The lowest BCUT2D eigenvalue weighted by atomic mass is 10.0. The van der Waals surface area contributed by atoms with Crippen molar-refractivity contribution >= 4 is 16.7 Å². The summed E-state index contributed by atoms with van der Waals surface area (Å²) in [7, 11) is 0. The normalized spacial score (nSPS) is 15.1. The number of nitrogens with zero attached hydrogens (tertiary/aromatic N) is 1. The van der Waals surface area contributed by atoms with Crippen molar-refractivity contribution in [3.8, 4) is 5.75 Å². The molecule has 140 valence electrons. The summed E-state index contributed by atoms with van der Waals surface area (Å²) in [6, 6.07) is 14.7. The van der Waals surface area contributed by atoms with E-state index in [9.17, 15) is 4.79 Å². The molecule has 0 aromatic heterocycles. The van der Waals surface area contributed by atoms with Gasteiger partial charge in [-0.1, -0.05) is 43.3 Å². The molecule has 1 aliphatic rings. The summed E-state index contributed by atoms with van der Waals surface area (Å²) < 4.78 is 5.97. The van der Waals surface area contributed by atoms with Crippen LogP contribution in [-0.4, -0.2) is 43.1 Å². The van der Waals surface area contributed by atoms with E-state index in [1.807, 2.05) is 24.3 Å². The second-order valence-corrected chi connectivity index (χ2v) is 7.00. The summed E-state index contributed by atoms with van der Waals surface area (Å²) in [4.78, 5) is 14.8. The van der Waals surface area contributed by atoms with Gasteiger partial charge >= 0.3 is 0 Å². The maximum absolute atomic E-state index is 12.7. The Morgan fingerprint density at radius 3 is 2.73 bits per heavy atom. The lowest BCUT2D eigenvalue weighted by Gasteiger charge is -2.34. The van der Waals surface area contributed by atoms with Crippen LogP contribution in [0.25, 0.3) is 10.8 Å². The number of fused-ring (bicyclic) bond motifs is 1. The zero-order valence-corrected chi connectivity index (χ0v) is 15.7. The first-order valence-corrected chi connectivity index (χ1v) is 9.90. The van der Waals surface area contributed by atoms with E-state index in [1.54, 1.807) is 0 Å². The number of nitrogens with one attached hydrogen (secondary N) is 1. The Morgan fingerprint density at radius 2 is 1.92 bits per heavy atom. The third-order valence-electron chi connectivity index (χ3n) is 5.08. The maximum atomic E-state index is 12.7. The number of piperidine rings is 1. The van der Waals surface area contributed by atoms with Gasteiger partial charge in [-0.2, -0.15) is 0 Å². The molecular weight excluding hydrogens is 324 g/mol. The molecule has 1 aliphatic heterocycles. The van der Waals surface area contributed by atoms with Gasteiger partial charge in [0.15, 0.2) is 0 Å². The molecule has 3 rings (SSSR count). The molecular formula is C22H30N2O2. The molecule has 1 amide bonds. The summed E-state index contributed by atoms with van der Waals surface area (Å²) in [6.45, 7) is 5.62. The molecule has 4 nitrogen and oxygen atoms in total. The Balaban J connectivity index is 1.50. The Hall–Kier alpha value is -2.07. The van der Waals surface area contributed by atoms with Crippen LogP contribution >= 0.6 is 0 Å². The molecule has 0 bridgehead atoms. The molecule has 26 heavy (non-hydrogen) atoms. The van der Waals surface area contributed by atoms with Gasteiger partial charge in [0.05, 0.1) is 6.61 Å². The Labute approximate surface area is 156 Å². The van der Waals surface area contributed by atoms with Gasteiger partial charge in [-0.15, -0.1) is 0 Å². The molecule has 2 aromatic rings. The second-order valence-electron chi connectivity index (χ2n) is 7.00. The maximum Gasteiger partial charge on any atom is 0.222 e. The average Bonchev–Trinajstić information content (AvgIpc) is 2.70. The topological polar surface area (TPSA) is 41.6 Å². The van der Waals surface area contributed by atoms with Crippen molar-refractivity contribution in [3.05, 3.63) is 42.5 Å². The van der Waals surface area contributed by atoms with Gasteiger partial charge in [-0.3, -0.25) is 4.79 Å². The van der Waals surface area contributed by atoms with Crippen molar-refractivity contribution in [3.63, 3.8) is 0 Å². The third-order valence-corrected chi connectivity index (χ3v) is 5.08. The molecule has 1 N–H and O–H groups in total. The first-order valence-electron chi connectivity index (χ1n) is 9.90. The number of rotatable bonds is 8. The number of amides is 1. The zero-order valence-electron chi connectivity index (χ0n) is 15.7. The summed E-state index contributed by atoms with van der Waals surface area (Å²) in [5, 5.41) is 5.69. The number of hydrogen-bond acceptors (Lipinski definition) is 3. The highest BCUT2D eigenvalue weighted by molar-refractivity contribution is 5.88. The fraction of sp³-hybridized carbons (Fsp3) is 0.500. The highest BCUT2D eigenvalue weighted by atomic mass is 16.5. The quantitative estimate of drug-likeness (QED) is 0.729. The number of ether oxygens (including phenoxy) is 1. The van der Waals surface area contributed by atoms with Crippen molar-refractivity contribution < 1.29 is 9.53 Å². The largest absolute Gasteiger partial charge is 0.493 e. The molecule has 1 saturated heterocycles. The van der Waals surface area contributed by atoms with Crippen LogP contribution in [0.4, 0.5) is 0 Å². The predicted octanol–water partition coefficient (Wildman–Crippen LogP) is 3.99. The van der Waals surface area contributed by atoms with Gasteiger partial charge in [-0.25, -0.2) is 0 Å². The molecule has 0 radical (unpaired) electrons. The minimum absolute atomic E-state index is 0.278. The molecule has 0 saturated carbocycles. The van der Waals surface area contributed by atoms with E-state index in [0.29, 0.717) is 19.1 Å². The first kappa shape index (κ1) is 18.7. The fourth-order valence-corrected chi connectivity index (χ4v) is 3.74. The molecule has 1 heterocycles. The minimum Gasteiger partial charge on any atom is -0.493 e. The number of hydrogen-bond donors (Lipinski definition) is 1. The minimum atomic E-state index is 0.278. The van der Waals surface area contributed by atoms with Crippen LogP contribution in [0.2, 0.25) is 0 Å². The molecule has 4 heteroatoms. The first-order chi connectivity index (χ1) is 12.8. The van der Waals surface area contributed by atoms with Gasteiger partial charge in [0.25, 0.3) is 0 Å². The summed E-state index contributed by atoms with van der Waals surface area (Å²) in [5.74, 6) is 1.18. The third kappa shape index (κ3) is 4.76. The number of carbonyl (C=O) groups is 1. The van der Waals surface area contributed by atoms with Crippen LogP contribution in [-0.2, 0) is 4.79 Å². The molecule has 0 atom stereocenters. The second kappa shape index (κ2) is 9.58. The van der Waals surface area contributed by atoms with E-state index >= 15 is 0 Å². The van der Waals surface area contributed by atoms with Crippen molar-refractivity contribution in [1.29, 1.82) is 0 Å². The Kier molecular flexibility index (Phi) is 6.89. The van der Waals surface area contributed by atoms with E-state index in [1.165, 1.54) is 5.39 Å². The summed E-state index contributed by atoms with van der Waals surface area (Å²) in [5.41, 5.74) is 0. The van der Waals surface area contributed by atoms with Gasteiger partial charge < -0.3 is 15.0 Å². The van der Waals surface area contributed by atoms with Crippen molar-refractivity contribution in [2.45, 2.75) is 45.1 Å². The SMILES string of the molecule is CCCN(C(=O)CCCOc1cccc2ccccc12)C1CCNCC1. The fourth-order valence-electron chi connectivity index (χ4n) is 3.74. The highest BCUT2D eigenvalue weighted by Gasteiger charge is 2.24. The summed E-state index contributed by atoms with van der Waals surface area (Å²) in [6.07, 6.45) is 4.47. The predicted molar refractivity (Wildman–Crippen MR) is 107 cm³/mol. The van der Waals surface area contributed by atoms with Crippen LogP contribution in [0.1, 0.15) is 39.0 Å². The molecule has 1 fully saturated rings. The van der Waals surface area contributed by atoms with Crippen molar-refractivity contribution in [2.75, 3.05) is 26.2 Å². The van der Waals surface area contributed by atoms with Crippen molar-refractivity contribution in [1.82, 2.24) is 10.2 Å². The van der Waals surface area contributed by atoms with Gasteiger partial charge in [0, 0.05) is 24.4 Å². The van der Waals surface area contributed by atoms with E-state index in [-0.39, 0.29) is 5.91 Å². The average molecular weight is 354 g/mol. The van der Waals surface area contributed by atoms with Gasteiger partial charge in [-0.05, 0) is 50.2 Å². The van der Waals surface area contributed by atoms with Gasteiger partial charge in [0.1, 0.15) is 5.75 Å². The zero-order chi connectivity index (χ0) is 18.2. The highest BCUT2D eigenvalue weighted by Crippen LogP contribution is 2.25. The Morgan fingerprint density at radius 1 is 1.15 bits per heavy atom. The van der Waals surface area contributed by atoms with E-state index in [0.717, 1.165) is 56.5 Å². The molecule has 2 aromatic carbocycles. The number of carbonyl (C=O) groups excluding carboxylic acids is 1. The molecule has 0 spiro atoms. The van der Waals surface area contributed by atoms with Crippen LogP contribution in [0.15, 0.2) is 42.5 Å². The van der Waals surface area contributed by atoms with E-state index < -0.39 is 0 Å². The van der Waals surface area contributed by atoms with Crippen LogP contribution in [0.5, 0.6) is 5.75 Å². The van der Waals surface area contributed by atoms with E-state index in [4.69, 9.17) is 4.74 Å².